The summed E-state index contributed by atoms with van der Waals surface area (Å²) in [6.07, 6.45) is 6.86. The van der Waals surface area contributed by atoms with Crippen molar-refractivity contribution in [2.24, 2.45) is 5.92 Å². The molecule has 1 atom stereocenters. The molecular formula is C26H30N2O3. The van der Waals surface area contributed by atoms with Crippen LogP contribution in [0.15, 0.2) is 60.7 Å². The summed E-state index contributed by atoms with van der Waals surface area (Å²) in [6, 6.07) is 19.7. The summed E-state index contributed by atoms with van der Waals surface area (Å²) in [7, 11) is 1.41. The summed E-state index contributed by atoms with van der Waals surface area (Å²) in [5.74, 6) is 0.700. The average Bonchev–Trinajstić information content (AvgIpc) is 2.81. The van der Waals surface area contributed by atoms with Gasteiger partial charge in [0.1, 0.15) is 12.4 Å². The van der Waals surface area contributed by atoms with E-state index in [2.05, 4.69) is 11.1 Å². The van der Waals surface area contributed by atoms with Gasteiger partial charge in [0.25, 0.3) is 5.91 Å². The van der Waals surface area contributed by atoms with Gasteiger partial charge >= 0.3 is 0 Å². The number of hydrogen-bond donors (Lipinski definition) is 1. The van der Waals surface area contributed by atoms with Gasteiger partial charge in [-0.1, -0.05) is 68.5 Å². The molecule has 31 heavy (non-hydrogen) atoms. The first kappa shape index (κ1) is 21.3. The molecule has 0 saturated heterocycles. The number of fused-ring (bicyclic) bond motifs is 1. The van der Waals surface area contributed by atoms with Crippen molar-refractivity contribution < 1.29 is 14.7 Å². The van der Waals surface area contributed by atoms with Gasteiger partial charge in [-0.2, -0.15) is 0 Å². The van der Waals surface area contributed by atoms with E-state index in [0.717, 1.165) is 39.4 Å². The largest absolute Gasteiger partial charge is 0.487 e. The number of amides is 1. The van der Waals surface area contributed by atoms with E-state index in [9.17, 15) is 10.0 Å². The lowest BCUT2D eigenvalue weighted by atomic mass is 9.80. The molecule has 1 N–H and O–H groups in total. The third-order valence-corrected chi connectivity index (χ3v) is 6.24. The number of likely N-dealkylation sites (N-methyl/N-ethyl adjacent to an activating group) is 1. The van der Waals surface area contributed by atoms with Crippen LogP contribution in [0.1, 0.15) is 55.7 Å². The van der Waals surface area contributed by atoms with E-state index >= 15 is 0 Å². The molecule has 5 nitrogen and oxygen atoms in total. The maximum Gasteiger partial charge on any atom is 0.253 e. The molecule has 5 heteroatoms. The van der Waals surface area contributed by atoms with Gasteiger partial charge in [-0.15, -0.1) is 0 Å². The molecule has 4 rings (SSSR count). The molecule has 2 aromatic carbocycles. The minimum atomic E-state index is -0.325. The highest BCUT2D eigenvalue weighted by molar-refractivity contribution is 5.82. The predicted octanol–water partition coefficient (Wildman–Crippen LogP) is 5.72. The zero-order valence-corrected chi connectivity index (χ0v) is 18.0. The number of pyridine rings is 1. The lowest BCUT2D eigenvalue weighted by Gasteiger charge is -2.27. The van der Waals surface area contributed by atoms with Crippen LogP contribution in [0.3, 0.4) is 0 Å². The van der Waals surface area contributed by atoms with Gasteiger partial charge in [-0.25, -0.2) is 10.0 Å². The van der Waals surface area contributed by atoms with E-state index in [1.807, 2.05) is 54.6 Å². The van der Waals surface area contributed by atoms with Crippen LogP contribution in [0.2, 0.25) is 0 Å². The van der Waals surface area contributed by atoms with Gasteiger partial charge in [-0.3, -0.25) is 10.0 Å². The highest BCUT2D eigenvalue weighted by Gasteiger charge is 2.27. The number of para-hydroxylation sites is 1. The molecule has 0 spiro atoms. The van der Waals surface area contributed by atoms with Crippen LogP contribution in [-0.2, 0) is 11.4 Å². The lowest BCUT2D eigenvalue weighted by Crippen LogP contribution is -2.30. The van der Waals surface area contributed by atoms with Crippen molar-refractivity contribution in [2.45, 2.75) is 51.0 Å². The molecule has 1 aliphatic carbocycles. The summed E-state index contributed by atoms with van der Waals surface area (Å²) < 4.78 is 5.93. The monoisotopic (exact) mass is 418 g/mol. The Morgan fingerprint density at radius 3 is 2.55 bits per heavy atom. The summed E-state index contributed by atoms with van der Waals surface area (Å²) in [4.78, 5) is 17.3. The number of hydrogen-bond acceptors (Lipinski definition) is 4. The van der Waals surface area contributed by atoms with E-state index in [1.54, 1.807) is 0 Å². The van der Waals surface area contributed by atoms with Crippen molar-refractivity contribution in [1.82, 2.24) is 10.0 Å². The Hall–Kier alpha value is -2.92. The fourth-order valence-electron chi connectivity index (χ4n) is 4.50. The Bertz CT molecular complexity index is 1010. The first-order valence-electron chi connectivity index (χ1n) is 11.1. The number of ether oxygens (including phenoxy) is 1. The SMILES string of the molecule is CN(O)C(=O)C(CC1CCCCC1)c1ccc(OCc2ccc3ccccc3n2)cc1. The van der Waals surface area contributed by atoms with Crippen molar-refractivity contribution in [3.05, 3.63) is 71.9 Å². The van der Waals surface area contributed by atoms with Gasteiger partial charge in [-0.05, 0) is 42.2 Å². The minimum Gasteiger partial charge on any atom is -0.487 e. The number of aromatic nitrogens is 1. The van der Waals surface area contributed by atoms with Crippen molar-refractivity contribution in [2.75, 3.05) is 7.05 Å². The molecule has 1 aromatic heterocycles. The second kappa shape index (κ2) is 9.92. The molecule has 3 aromatic rings. The predicted molar refractivity (Wildman–Crippen MR) is 121 cm³/mol. The summed E-state index contributed by atoms with van der Waals surface area (Å²) in [5.41, 5.74) is 2.75. The highest BCUT2D eigenvalue weighted by Crippen LogP contribution is 2.34. The summed E-state index contributed by atoms with van der Waals surface area (Å²) >= 11 is 0. The van der Waals surface area contributed by atoms with E-state index < -0.39 is 0 Å². The molecule has 1 amide bonds. The number of rotatable bonds is 7. The fourth-order valence-corrected chi connectivity index (χ4v) is 4.50. The molecule has 162 valence electrons. The van der Waals surface area contributed by atoms with Gasteiger partial charge in [0, 0.05) is 12.4 Å². The smallest absolute Gasteiger partial charge is 0.253 e. The van der Waals surface area contributed by atoms with E-state index in [0.29, 0.717) is 12.5 Å². The van der Waals surface area contributed by atoms with Crippen LogP contribution in [0, 0.1) is 5.92 Å². The third kappa shape index (κ3) is 5.42. The number of nitrogens with zero attached hydrogens (tertiary/aromatic N) is 2. The van der Waals surface area contributed by atoms with Crippen molar-refractivity contribution in [3.8, 4) is 5.75 Å². The molecule has 1 saturated carbocycles. The van der Waals surface area contributed by atoms with E-state index in [1.165, 1.54) is 39.2 Å². The van der Waals surface area contributed by atoms with Crippen molar-refractivity contribution >= 4 is 16.8 Å². The highest BCUT2D eigenvalue weighted by atomic mass is 16.5. The zero-order valence-electron chi connectivity index (χ0n) is 18.0. The average molecular weight is 419 g/mol. The summed E-state index contributed by atoms with van der Waals surface area (Å²) in [6.45, 7) is 0.383. The van der Waals surface area contributed by atoms with Gasteiger partial charge in [0.15, 0.2) is 0 Å². The lowest BCUT2D eigenvalue weighted by molar-refractivity contribution is -0.161. The Labute approximate surface area is 183 Å². The van der Waals surface area contributed by atoms with E-state index in [4.69, 9.17) is 4.74 Å². The van der Waals surface area contributed by atoms with E-state index in [-0.39, 0.29) is 11.8 Å². The Balaban J connectivity index is 1.43. The van der Waals surface area contributed by atoms with Gasteiger partial charge in [0.05, 0.1) is 17.1 Å². The molecule has 0 bridgehead atoms. The Morgan fingerprint density at radius 2 is 1.81 bits per heavy atom. The molecule has 1 heterocycles. The van der Waals surface area contributed by atoms with Crippen LogP contribution in [0.4, 0.5) is 0 Å². The number of carbonyl (C=O) groups is 1. The maximum absolute atomic E-state index is 12.7. The standard InChI is InChI=1S/C26H30N2O3/c1-28(30)26(29)24(17-19-7-3-2-4-8-19)20-12-15-23(16-13-20)31-18-22-14-11-21-9-5-6-10-25(21)27-22/h5-6,9-16,19,24,30H,2-4,7-8,17-18H2,1H3. The summed E-state index contributed by atoms with van der Waals surface area (Å²) in [5, 5.41) is 11.6. The first-order chi connectivity index (χ1) is 15.1. The molecular weight excluding hydrogens is 388 g/mol. The normalized spacial score (nSPS) is 15.5. The molecule has 0 aliphatic heterocycles. The Morgan fingerprint density at radius 1 is 1.06 bits per heavy atom. The second-order valence-electron chi connectivity index (χ2n) is 8.51. The topological polar surface area (TPSA) is 62.7 Å². The van der Waals surface area contributed by atoms with Crippen molar-refractivity contribution in [1.29, 1.82) is 0 Å². The number of hydroxylamine groups is 2. The molecule has 1 unspecified atom stereocenters. The van der Waals surface area contributed by atoms with Crippen LogP contribution < -0.4 is 4.74 Å². The van der Waals surface area contributed by atoms with Crippen LogP contribution >= 0.6 is 0 Å². The van der Waals surface area contributed by atoms with Crippen LogP contribution in [0.25, 0.3) is 10.9 Å². The Kier molecular flexibility index (Phi) is 6.82. The molecule has 1 aliphatic rings. The zero-order chi connectivity index (χ0) is 21.6. The van der Waals surface area contributed by atoms with Crippen LogP contribution in [0.5, 0.6) is 5.75 Å². The van der Waals surface area contributed by atoms with Gasteiger partial charge in [0.2, 0.25) is 0 Å². The molecule has 1 fully saturated rings. The molecule has 0 radical (unpaired) electrons. The number of benzene rings is 2. The van der Waals surface area contributed by atoms with Crippen LogP contribution in [-0.4, -0.2) is 28.2 Å². The second-order valence-corrected chi connectivity index (χ2v) is 8.51. The fraction of sp³-hybridized carbons (Fsp3) is 0.385. The minimum absolute atomic E-state index is 0.250. The first-order valence-corrected chi connectivity index (χ1v) is 11.1. The third-order valence-electron chi connectivity index (χ3n) is 6.24. The quantitative estimate of drug-likeness (QED) is 0.394. The van der Waals surface area contributed by atoms with Crippen molar-refractivity contribution in [3.63, 3.8) is 0 Å². The number of carbonyl (C=O) groups excluding carboxylic acids is 1. The van der Waals surface area contributed by atoms with Gasteiger partial charge < -0.3 is 4.74 Å². The maximum atomic E-state index is 12.7.